The number of benzene rings is 1. The fraction of sp³-hybridized carbons (Fsp3) is 0.462. The molecule has 0 saturated heterocycles. The van der Waals surface area contributed by atoms with Crippen molar-refractivity contribution in [2.24, 2.45) is 0 Å². The van der Waals surface area contributed by atoms with Crippen LogP contribution in [0.3, 0.4) is 0 Å². The molecule has 0 aromatic heterocycles. The molecule has 1 aromatic carbocycles. The van der Waals surface area contributed by atoms with Gasteiger partial charge < -0.3 is 4.74 Å². The van der Waals surface area contributed by atoms with E-state index in [-0.39, 0.29) is 11.5 Å². The van der Waals surface area contributed by atoms with E-state index in [2.05, 4.69) is 4.74 Å². The average Bonchev–Trinajstić information content (AvgIpc) is 2.36. The molecule has 0 amide bonds. The Balaban J connectivity index is 2.98. The molecule has 0 radical (unpaired) electrons. The number of hydrogen-bond donors (Lipinski definition) is 0. The molecule has 0 aliphatic heterocycles. The molecule has 1 atom stereocenters. The van der Waals surface area contributed by atoms with E-state index in [9.17, 15) is 13.2 Å². The Morgan fingerprint density at radius 2 is 1.89 bits per heavy atom. The van der Waals surface area contributed by atoms with E-state index < -0.39 is 21.7 Å². The third kappa shape index (κ3) is 4.14. The quantitative estimate of drug-likeness (QED) is 0.739. The molecule has 0 saturated carbocycles. The number of methoxy groups -OCH3 is 1. The number of hydrogen-bond acceptors (Lipinski definition) is 4. The van der Waals surface area contributed by atoms with Crippen molar-refractivity contribution in [2.45, 2.75) is 19.3 Å². The molecule has 18 heavy (non-hydrogen) atoms. The first-order valence-corrected chi connectivity index (χ1v) is 7.65. The third-order valence-electron chi connectivity index (χ3n) is 2.62. The van der Waals surface area contributed by atoms with Gasteiger partial charge in [0.2, 0.25) is 0 Å². The molecule has 4 nitrogen and oxygen atoms in total. The number of rotatable bonds is 6. The Kier molecular flexibility index (Phi) is 5.34. The van der Waals surface area contributed by atoms with Gasteiger partial charge >= 0.3 is 5.97 Å². The van der Waals surface area contributed by atoms with Crippen LogP contribution in [-0.2, 0) is 19.4 Å². The maximum absolute atomic E-state index is 11.8. The highest BCUT2D eigenvalue weighted by Crippen LogP contribution is 2.20. The van der Waals surface area contributed by atoms with Gasteiger partial charge in [-0.15, -0.1) is 0 Å². The fourth-order valence-corrected chi connectivity index (χ4v) is 3.40. The molecular formula is C13H18O4S. The van der Waals surface area contributed by atoms with Crippen LogP contribution in [0.15, 0.2) is 30.3 Å². The molecule has 5 heteroatoms. The van der Waals surface area contributed by atoms with E-state index in [1.165, 1.54) is 7.11 Å². The molecule has 1 aromatic rings. The summed E-state index contributed by atoms with van der Waals surface area (Å²) >= 11 is 0. The lowest BCUT2D eigenvalue weighted by Gasteiger charge is -2.15. The SMILES string of the molecule is CCCS(=O)(=O)CC(C(=O)OC)c1ccccc1. The van der Waals surface area contributed by atoms with Gasteiger partial charge in [-0.2, -0.15) is 0 Å². The van der Waals surface area contributed by atoms with Crippen molar-refractivity contribution < 1.29 is 17.9 Å². The predicted octanol–water partition coefficient (Wildman–Crippen LogP) is 1.77. The predicted molar refractivity (Wildman–Crippen MR) is 70.1 cm³/mol. The van der Waals surface area contributed by atoms with Crippen LogP contribution in [0.4, 0.5) is 0 Å². The van der Waals surface area contributed by atoms with Crippen molar-refractivity contribution in [2.75, 3.05) is 18.6 Å². The van der Waals surface area contributed by atoms with Crippen LogP contribution < -0.4 is 0 Å². The van der Waals surface area contributed by atoms with Gasteiger partial charge in [0.25, 0.3) is 0 Å². The number of ether oxygens (including phenoxy) is 1. The molecule has 0 N–H and O–H groups in total. The fourth-order valence-electron chi connectivity index (χ4n) is 1.78. The molecule has 0 fully saturated rings. The smallest absolute Gasteiger partial charge is 0.314 e. The first kappa shape index (κ1) is 14.7. The highest BCUT2D eigenvalue weighted by Gasteiger charge is 2.27. The summed E-state index contributed by atoms with van der Waals surface area (Å²) in [6.45, 7) is 1.80. The summed E-state index contributed by atoms with van der Waals surface area (Å²) in [6, 6.07) is 8.85. The van der Waals surface area contributed by atoms with Gasteiger partial charge in [-0.1, -0.05) is 37.3 Å². The molecule has 0 aliphatic rings. The molecule has 0 bridgehead atoms. The van der Waals surface area contributed by atoms with E-state index in [4.69, 9.17) is 0 Å². The van der Waals surface area contributed by atoms with Gasteiger partial charge in [0.1, 0.15) is 0 Å². The van der Waals surface area contributed by atoms with Crippen molar-refractivity contribution in [1.82, 2.24) is 0 Å². The van der Waals surface area contributed by atoms with E-state index in [0.29, 0.717) is 12.0 Å². The lowest BCUT2D eigenvalue weighted by Crippen LogP contribution is -2.24. The highest BCUT2D eigenvalue weighted by molar-refractivity contribution is 7.91. The van der Waals surface area contributed by atoms with Gasteiger partial charge in [0.05, 0.1) is 18.8 Å². The van der Waals surface area contributed by atoms with Crippen molar-refractivity contribution in [3.05, 3.63) is 35.9 Å². The van der Waals surface area contributed by atoms with Crippen LogP contribution in [-0.4, -0.2) is 33.0 Å². The summed E-state index contributed by atoms with van der Waals surface area (Å²) in [4.78, 5) is 11.7. The Hall–Kier alpha value is -1.36. The summed E-state index contributed by atoms with van der Waals surface area (Å²) in [5.41, 5.74) is 0.670. The van der Waals surface area contributed by atoms with Crippen LogP contribution in [0.5, 0.6) is 0 Å². The first-order valence-electron chi connectivity index (χ1n) is 5.83. The van der Waals surface area contributed by atoms with Crippen molar-refractivity contribution in [3.63, 3.8) is 0 Å². The zero-order valence-corrected chi connectivity index (χ0v) is 11.4. The normalized spacial score (nSPS) is 13.0. The Morgan fingerprint density at radius 1 is 1.28 bits per heavy atom. The minimum atomic E-state index is -3.23. The maximum atomic E-state index is 11.8. The molecule has 100 valence electrons. The highest BCUT2D eigenvalue weighted by atomic mass is 32.2. The van der Waals surface area contributed by atoms with Crippen molar-refractivity contribution >= 4 is 15.8 Å². The largest absolute Gasteiger partial charge is 0.469 e. The number of carbonyl (C=O) groups is 1. The summed E-state index contributed by atoms with van der Waals surface area (Å²) < 4.78 is 28.3. The van der Waals surface area contributed by atoms with Gasteiger partial charge in [-0.25, -0.2) is 8.42 Å². The Morgan fingerprint density at radius 3 is 2.39 bits per heavy atom. The molecular weight excluding hydrogens is 252 g/mol. The van der Waals surface area contributed by atoms with E-state index in [1.54, 1.807) is 31.2 Å². The third-order valence-corrected chi connectivity index (χ3v) is 4.49. The van der Waals surface area contributed by atoms with Gasteiger partial charge in [0, 0.05) is 5.75 Å². The summed E-state index contributed by atoms with van der Waals surface area (Å²) in [5.74, 6) is -1.36. The van der Waals surface area contributed by atoms with Crippen molar-refractivity contribution in [3.8, 4) is 0 Å². The minimum Gasteiger partial charge on any atom is -0.469 e. The molecule has 1 rings (SSSR count). The standard InChI is InChI=1S/C13H18O4S/c1-3-9-18(15,16)10-12(13(14)17-2)11-7-5-4-6-8-11/h4-8,12H,3,9-10H2,1-2H3. The monoisotopic (exact) mass is 270 g/mol. The van der Waals surface area contributed by atoms with Crippen LogP contribution in [0.25, 0.3) is 0 Å². The van der Waals surface area contributed by atoms with Crippen LogP contribution >= 0.6 is 0 Å². The topological polar surface area (TPSA) is 60.4 Å². The summed E-state index contributed by atoms with van der Waals surface area (Å²) in [6.07, 6.45) is 0.547. The number of sulfone groups is 1. The van der Waals surface area contributed by atoms with Gasteiger partial charge in [-0.3, -0.25) is 4.79 Å². The molecule has 0 spiro atoms. The summed E-state index contributed by atoms with van der Waals surface area (Å²) in [5, 5.41) is 0. The van der Waals surface area contributed by atoms with Gasteiger partial charge in [0.15, 0.2) is 9.84 Å². The van der Waals surface area contributed by atoms with Crippen molar-refractivity contribution in [1.29, 1.82) is 0 Å². The van der Waals surface area contributed by atoms with Crippen LogP contribution in [0, 0.1) is 0 Å². The second-order valence-corrected chi connectivity index (χ2v) is 6.33. The minimum absolute atomic E-state index is 0.0906. The van der Waals surface area contributed by atoms with E-state index >= 15 is 0 Å². The van der Waals surface area contributed by atoms with E-state index in [0.717, 1.165) is 0 Å². The number of carbonyl (C=O) groups excluding carboxylic acids is 1. The lowest BCUT2D eigenvalue weighted by atomic mass is 10.0. The van der Waals surface area contributed by atoms with Crippen LogP contribution in [0.2, 0.25) is 0 Å². The Labute approximate surface area is 108 Å². The zero-order valence-electron chi connectivity index (χ0n) is 10.6. The zero-order chi connectivity index (χ0) is 13.6. The van der Waals surface area contributed by atoms with Crippen LogP contribution in [0.1, 0.15) is 24.8 Å². The summed E-state index contributed by atoms with van der Waals surface area (Å²) in [7, 11) is -1.97. The average molecular weight is 270 g/mol. The molecule has 1 unspecified atom stereocenters. The Bertz CT molecular complexity index is 479. The molecule has 0 heterocycles. The second-order valence-electron chi connectivity index (χ2n) is 4.10. The number of esters is 1. The first-order chi connectivity index (χ1) is 8.50. The van der Waals surface area contributed by atoms with Gasteiger partial charge in [-0.05, 0) is 12.0 Å². The van der Waals surface area contributed by atoms with E-state index in [1.807, 2.05) is 6.07 Å². The molecule has 0 aliphatic carbocycles. The second kappa shape index (κ2) is 6.54. The maximum Gasteiger partial charge on any atom is 0.314 e. The lowest BCUT2D eigenvalue weighted by molar-refractivity contribution is -0.141.